The van der Waals surface area contributed by atoms with Crippen molar-refractivity contribution >= 4 is 27.5 Å². The van der Waals surface area contributed by atoms with E-state index in [1.54, 1.807) is 19.1 Å². The highest BCUT2D eigenvalue weighted by Gasteiger charge is 2.04. The third-order valence-electron chi connectivity index (χ3n) is 1.94. The summed E-state index contributed by atoms with van der Waals surface area (Å²) in [4.78, 5) is 11.3. The number of rotatable bonds is 4. The topological polar surface area (TPSA) is 26.3 Å². The van der Waals surface area contributed by atoms with E-state index in [9.17, 15) is 9.18 Å². The minimum absolute atomic E-state index is 0.297. The highest BCUT2D eigenvalue weighted by Crippen LogP contribution is 2.17. The molecular formula is C12H12BrFO2. The van der Waals surface area contributed by atoms with Gasteiger partial charge in [0.15, 0.2) is 0 Å². The number of ether oxygens (including phenoxy) is 1. The molecule has 0 aliphatic rings. The summed E-state index contributed by atoms with van der Waals surface area (Å²) in [5.74, 6) is -0.685. The quantitative estimate of drug-likeness (QED) is 0.483. The van der Waals surface area contributed by atoms with Crippen molar-refractivity contribution in [1.82, 2.24) is 0 Å². The van der Waals surface area contributed by atoms with E-state index in [0.29, 0.717) is 11.9 Å². The number of alkyl halides is 1. The molecule has 0 N–H and O–H groups in total. The van der Waals surface area contributed by atoms with Crippen LogP contribution in [0.15, 0.2) is 30.3 Å². The lowest BCUT2D eigenvalue weighted by Gasteiger charge is -2.04. The fraction of sp³-hybridized carbons (Fsp3) is 0.250. The normalized spacial score (nSPS) is 11.3. The van der Waals surface area contributed by atoms with Gasteiger partial charge >= 0.3 is 5.97 Å². The van der Waals surface area contributed by atoms with E-state index in [2.05, 4.69) is 15.9 Å². The maximum Gasteiger partial charge on any atom is 0.331 e. The highest BCUT2D eigenvalue weighted by molar-refractivity contribution is 9.09. The summed E-state index contributed by atoms with van der Waals surface area (Å²) >= 11 is 3.28. The summed E-state index contributed by atoms with van der Waals surface area (Å²) in [5, 5.41) is 0.511. The first-order valence-electron chi connectivity index (χ1n) is 4.86. The molecule has 2 nitrogen and oxygen atoms in total. The van der Waals surface area contributed by atoms with Gasteiger partial charge in [-0.15, -0.1) is 0 Å². The third kappa shape index (κ3) is 3.77. The molecule has 86 valence electrons. The Hall–Kier alpha value is -1.16. The monoisotopic (exact) mass is 286 g/mol. The van der Waals surface area contributed by atoms with Crippen LogP contribution >= 0.6 is 15.9 Å². The Balaban J connectivity index is 2.89. The van der Waals surface area contributed by atoms with Gasteiger partial charge in [0.25, 0.3) is 0 Å². The second-order valence-electron chi connectivity index (χ2n) is 3.06. The lowest BCUT2D eigenvalue weighted by molar-refractivity contribution is -0.137. The van der Waals surface area contributed by atoms with E-state index < -0.39 is 0 Å². The molecule has 0 bridgehead atoms. The minimum atomic E-state index is -0.388. The van der Waals surface area contributed by atoms with Crippen molar-refractivity contribution in [2.45, 2.75) is 6.92 Å². The van der Waals surface area contributed by atoms with E-state index in [1.807, 2.05) is 0 Å². The van der Waals surface area contributed by atoms with Crippen LogP contribution in [0.5, 0.6) is 0 Å². The summed E-state index contributed by atoms with van der Waals surface area (Å²) in [6.45, 7) is 2.09. The van der Waals surface area contributed by atoms with Crippen LogP contribution < -0.4 is 0 Å². The molecule has 1 rings (SSSR count). The van der Waals surface area contributed by atoms with E-state index in [0.717, 1.165) is 11.1 Å². The van der Waals surface area contributed by atoms with Gasteiger partial charge in [-0.05, 0) is 30.2 Å². The van der Waals surface area contributed by atoms with Crippen molar-refractivity contribution in [3.63, 3.8) is 0 Å². The number of hydrogen-bond acceptors (Lipinski definition) is 2. The van der Waals surface area contributed by atoms with Crippen LogP contribution in [0.2, 0.25) is 0 Å². The molecule has 0 fully saturated rings. The first kappa shape index (κ1) is 12.9. The molecule has 1 aromatic rings. The fourth-order valence-corrected chi connectivity index (χ4v) is 1.67. The van der Waals surface area contributed by atoms with Gasteiger partial charge in [-0.25, -0.2) is 9.18 Å². The summed E-state index contributed by atoms with van der Waals surface area (Å²) in [5.41, 5.74) is 1.56. The molecule has 0 heterocycles. The smallest absolute Gasteiger partial charge is 0.331 e. The zero-order chi connectivity index (χ0) is 12.0. The number of esters is 1. The molecule has 0 unspecified atom stereocenters. The average Bonchev–Trinajstić information content (AvgIpc) is 2.27. The third-order valence-corrected chi connectivity index (χ3v) is 2.54. The first-order valence-corrected chi connectivity index (χ1v) is 5.98. The van der Waals surface area contributed by atoms with Gasteiger partial charge < -0.3 is 4.74 Å². The average molecular weight is 287 g/mol. The van der Waals surface area contributed by atoms with Crippen molar-refractivity contribution < 1.29 is 13.9 Å². The molecule has 0 amide bonds. The number of allylic oxidation sites excluding steroid dienone is 1. The molecule has 0 saturated heterocycles. The molecule has 0 spiro atoms. The van der Waals surface area contributed by atoms with Crippen LogP contribution in [0.4, 0.5) is 4.39 Å². The molecule has 0 saturated carbocycles. The van der Waals surface area contributed by atoms with Crippen LogP contribution in [-0.4, -0.2) is 17.9 Å². The zero-order valence-electron chi connectivity index (χ0n) is 8.87. The SMILES string of the molecule is CCOC(=O)/C=C(/CBr)c1ccc(F)cc1. The molecule has 0 aliphatic heterocycles. The van der Waals surface area contributed by atoms with E-state index in [-0.39, 0.29) is 11.8 Å². The zero-order valence-corrected chi connectivity index (χ0v) is 10.5. The molecule has 1 aromatic carbocycles. The van der Waals surface area contributed by atoms with Crippen molar-refractivity contribution in [2.75, 3.05) is 11.9 Å². The minimum Gasteiger partial charge on any atom is -0.463 e. The predicted octanol–water partition coefficient (Wildman–Crippen LogP) is 3.17. The number of carbonyl (C=O) groups excluding carboxylic acids is 1. The Bertz CT molecular complexity index is 385. The molecular weight excluding hydrogens is 275 g/mol. The van der Waals surface area contributed by atoms with Crippen LogP contribution in [0.1, 0.15) is 12.5 Å². The van der Waals surface area contributed by atoms with Gasteiger partial charge in [-0.2, -0.15) is 0 Å². The Morgan fingerprint density at radius 2 is 2.06 bits per heavy atom. The first-order chi connectivity index (χ1) is 7.67. The summed E-state index contributed by atoms with van der Waals surface area (Å²) in [7, 11) is 0. The maximum atomic E-state index is 12.7. The molecule has 0 atom stereocenters. The molecule has 16 heavy (non-hydrogen) atoms. The van der Waals surface area contributed by atoms with Crippen LogP contribution in [0, 0.1) is 5.82 Å². The van der Waals surface area contributed by atoms with Gasteiger partial charge in [-0.3, -0.25) is 0 Å². The summed E-state index contributed by atoms with van der Waals surface area (Å²) < 4.78 is 17.5. The van der Waals surface area contributed by atoms with Gasteiger partial charge in [0.1, 0.15) is 5.82 Å². The molecule has 0 radical (unpaired) electrons. The standard InChI is InChI=1S/C12H12BrFO2/c1-2-16-12(15)7-10(8-13)9-3-5-11(14)6-4-9/h3-7H,2,8H2,1H3/b10-7-. The van der Waals surface area contributed by atoms with Crippen molar-refractivity contribution in [3.05, 3.63) is 41.7 Å². The van der Waals surface area contributed by atoms with Crippen LogP contribution in [0.3, 0.4) is 0 Å². The van der Waals surface area contributed by atoms with Gasteiger partial charge in [0.2, 0.25) is 0 Å². The van der Waals surface area contributed by atoms with Crippen molar-refractivity contribution in [3.8, 4) is 0 Å². The molecule has 0 aromatic heterocycles. The predicted molar refractivity (Wildman–Crippen MR) is 64.8 cm³/mol. The second-order valence-corrected chi connectivity index (χ2v) is 3.62. The maximum absolute atomic E-state index is 12.7. The Labute approximate surface area is 102 Å². The van der Waals surface area contributed by atoms with Gasteiger partial charge in [-0.1, -0.05) is 28.1 Å². The number of halogens is 2. The fourth-order valence-electron chi connectivity index (χ4n) is 1.19. The number of benzene rings is 1. The van der Waals surface area contributed by atoms with E-state index >= 15 is 0 Å². The van der Waals surface area contributed by atoms with E-state index in [4.69, 9.17) is 4.74 Å². The van der Waals surface area contributed by atoms with Gasteiger partial charge in [0.05, 0.1) is 6.61 Å². The number of hydrogen-bond donors (Lipinski definition) is 0. The molecule has 4 heteroatoms. The van der Waals surface area contributed by atoms with E-state index in [1.165, 1.54) is 18.2 Å². The largest absolute Gasteiger partial charge is 0.463 e. The Morgan fingerprint density at radius 3 is 2.56 bits per heavy atom. The van der Waals surface area contributed by atoms with Crippen LogP contribution in [0.25, 0.3) is 5.57 Å². The highest BCUT2D eigenvalue weighted by atomic mass is 79.9. The Kier molecular flexibility index (Phi) is 5.19. The lowest BCUT2D eigenvalue weighted by Crippen LogP contribution is -2.01. The second kappa shape index (κ2) is 6.43. The van der Waals surface area contributed by atoms with Gasteiger partial charge in [0, 0.05) is 11.4 Å². The van der Waals surface area contributed by atoms with Crippen LogP contribution in [-0.2, 0) is 9.53 Å². The van der Waals surface area contributed by atoms with Crippen molar-refractivity contribution in [2.24, 2.45) is 0 Å². The number of carbonyl (C=O) groups is 1. The van der Waals surface area contributed by atoms with Crippen molar-refractivity contribution in [1.29, 1.82) is 0 Å². The summed E-state index contributed by atoms with van der Waals surface area (Å²) in [6, 6.07) is 5.97. The summed E-state index contributed by atoms with van der Waals surface area (Å²) in [6.07, 6.45) is 1.41. The lowest BCUT2D eigenvalue weighted by atomic mass is 10.1. The molecule has 0 aliphatic carbocycles. The Morgan fingerprint density at radius 1 is 1.44 bits per heavy atom.